The number of hydrogen-bond acceptors (Lipinski definition) is 4. The Balaban J connectivity index is -0.000000125. The minimum absolute atomic E-state index is 0. The summed E-state index contributed by atoms with van der Waals surface area (Å²) >= 11 is 0. The molecule has 0 aromatic carbocycles. The van der Waals surface area contributed by atoms with Gasteiger partial charge in [-0.25, -0.2) is 0 Å². The molecular weight excluding hydrogens is 185 g/mol. The second-order valence-electron chi connectivity index (χ2n) is 0.630. The van der Waals surface area contributed by atoms with Gasteiger partial charge >= 0.3 is 103 Å². The van der Waals surface area contributed by atoms with E-state index in [0.29, 0.717) is 0 Å². The SMILES string of the molecule is COP(=O)([O-])[O-].[K+].[K+]. The summed E-state index contributed by atoms with van der Waals surface area (Å²) < 4.78 is 12.6. The zero-order chi connectivity index (χ0) is 5.21. The summed E-state index contributed by atoms with van der Waals surface area (Å²) in [5.41, 5.74) is 0. The van der Waals surface area contributed by atoms with Crippen molar-refractivity contribution in [2.45, 2.75) is 0 Å². The molecule has 0 N–H and O–H groups in total. The Morgan fingerprint density at radius 3 is 1.50 bits per heavy atom. The zero-order valence-corrected chi connectivity index (χ0v) is 12.2. The molecule has 0 saturated heterocycles. The van der Waals surface area contributed by atoms with Gasteiger partial charge in [-0.1, -0.05) is 0 Å². The normalized spacial score (nSPS) is 8.88. The van der Waals surface area contributed by atoms with E-state index in [-0.39, 0.29) is 103 Å². The summed E-state index contributed by atoms with van der Waals surface area (Å²) in [6.07, 6.45) is 0. The van der Waals surface area contributed by atoms with Crippen molar-refractivity contribution >= 4 is 7.82 Å². The van der Waals surface area contributed by atoms with Gasteiger partial charge < -0.3 is 18.9 Å². The van der Waals surface area contributed by atoms with Gasteiger partial charge in [-0.05, 0) is 0 Å². The van der Waals surface area contributed by atoms with Crippen molar-refractivity contribution in [1.29, 1.82) is 0 Å². The molecule has 7 heteroatoms. The van der Waals surface area contributed by atoms with Gasteiger partial charge in [0.05, 0.1) is 7.82 Å². The van der Waals surface area contributed by atoms with Crippen LogP contribution >= 0.6 is 7.82 Å². The minimum atomic E-state index is -4.65. The first kappa shape index (κ1) is 17.5. The third kappa shape index (κ3) is 16.2. The molecular formula is CH3K2O4P. The van der Waals surface area contributed by atoms with Gasteiger partial charge in [0.25, 0.3) is 0 Å². The quantitative estimate of drug-likeness (QED) is 0.303. The van der Waals surface area contributed by atoms with Gasteiger partial charge in [0.2, 0.25) is 0 Å². The third-order valence-corrected chi connectivity index (χ3v) is 0.671. The summed E-state index contributed by atoms with van der Waals surface area (Å²) in [7, 11) is -3.83. The second kappa shape index (κ2) is 8.48. The summed E-state index contributed by atoms with van der Waals surface area (Å²) in [5, 5.41) is 0. The Bertz CT molecular complexity index is 78.1. The maximum Gasteiger partial charge on any atom is 1.00 e. The summed E-state index contributed by atoms with van der Waals surface area (Å²) in [4.78, 5) is 18.5. The second-order valence-corrected chi connectivity index (χ2v) is 1.89. The van der Waals surface area contributed by atoms with Gasteiger partial charge in [0.1, 0.15) is 0 Å². The largest absolute Gasteiger partial charge is 1.00 e. The first-order valence-corrected chi connectivity index (χ1v) is 2.60. The molecule has 0 aliphatic rings. The average Bonchev–Trinajstić information content (AvgIpc) is 1.35. The van der Waals surface area contributed by atoms with Crippen LogP contribution in [0.5, 0.6) is 0 Å². The van der Waals surface area contributed by atoms with Crippen LogP contribution in [0.2, 0.25) is 0 Å². The van der Waals surface area contributed by atoms with Crippen LogP contribution in [0.15, 0.2) is 0 Å². The predicted octanol–water partition coefficient (Wildman–Crippen LogP) is -7.53. The van der Waals surface area contributed by atoms with Crippen molar-refractivity contribution in [2.24, 2.45) is 0 Å². The molecule has 0 unspecified atom stereocenters. The molecule has 0 spiro atoms. The van der Waals surface area contributed by atoms with E-state index in [2.05, 4.69) is 4.52 Å². The predicted molar refractivity (Wildman–Crippen MR) is 14.6 cm³/mol. The van der Waals surface area contributed by atoms with Crippen LogP contribution in [0.3, 0.4) is 0 Å². The molecule has 0 atom stereocenters. The molecule has 0 aliphatic carbocycles. The maximum absolute atomic E-state index is 9.25. The average molecular weight is 188 g/mol. The van der Waals surface area contributed by atoms with Crippen molar-refractivity contribution in [1.82, 2.24) is 0 Å². The van der Waals surface area contributed by atoms with Crippen LogP contribution in [-0.4, -0.2) is 7.11 Å². The topological polar surface area (TPSA) is 72.4 Å². The molecule has 0 aromatic heterocycles. The fourth-order valence-corrected chi connectivity index (χ4v) is 0. The maximum atomic E-state index is 9.25. The Kier molecular flexibility index (Phi) is 18.5. The fourth-order valence-electron chi connectivity index (χ4n) is 0. The van der Waals surface area contributed by atoms with E-state index in [1.807, 2.05) is 0 Å². The molecule has 0 amide bonds. The number of rotatable bonds is 1. The summed E-state index contributed by atoms with van der Waals surface area (Å²) in [6, 6.07) is 0. The Labute approximate surface area is 133 Å². The third-order valence-electron chi connectivity index (χ3n) is 0.224. The fraction of sp³-hybridized carbons (Fsp3) is 1.00. The van der Waals surface area contributed by atoms with E-state index in [0.717, 1.165) is 7.11 Å². The van der Waals surface area contributed by atoms with Crippen molar-refractivity contribution in [3.8, 4) is 0 Å². The van der Waals surface area contributed by atoms with Crippen LogP contribution in [0.25, 0.3) is 0 Å². The molecule has 8 heavy (non-hydrogen) atoms. The van der Waals surface area contributed by atoms with Gasteiger partial charge in [0.15, 0.2) is 0 Å². The van der Waals surface area contributed by atoms with Crippen LogP contribution < -0.4 is 113 Å². The van der Waals surface area contributed by atoms with E-state index >= 15 is 0 Å². The van der Waals surface area contributed by atoms with Gasteiger partial charge in [-0.3, -0.25) is 0 Å². The van der Waals surface area contributed by atoms with Crippen molar-refractivity contribution in [3.05, 3.63) is 0 Å². The Morgan fingerprint density at radius 2 is 1.50 bits per heavy atom. The van der Waals surface area contributed by atoms with Crippen LogP contribution in [0.1, 0.15) is 0 Å². The first-order chi connectivity index (χ1) is 2.56. The minimum Gasteiger partial charge on any atom is -0.790 e. The van der Waals surface area contributed by atoms with Gasteiger partial charge in [0, 0.05) is 7.11 Å². The number of hydrogen-bond donors (Lipinski definition) is 0. The van der Waals surface area contributed by atoms with Crippen molar-refractivity contribution < 1.29 is 122 Å². The van der Waals surface area contributed by atoms with E-state index in [9.17, 15) is 14.4 Å². The van der Waals surface area contributed by atoms with E-state index in [1.54, 1.807) is 0 Å². The molecule has 0 aromatic rings. The van der Waals surface area contributed by atoms with Crippen molar-refractivity contribution in [2.75, 3.05) is 7.11 Å². The van der Waals surface area contributed by atoms with E-state index < -0.39 is 7.82 Å². The monoisotopic (exact) mass is 188 g/mol. The Hall–Kier alpha value is 3.38. The van der Waals surface area contributed by atoms with Crippen LogP contribution in [0, 0.1) is 0 Å². The molecule has 38 valence electrons. The molecule has 0 saturated carbocycles. The van der Waals surface area contributed by atoms with Crippen LogP contribution in [-0.2, 0) is 9.09 Å². The molecule has 0 fully saturated rings. The molecule has 0 heterocycles. The molecule has 0 radical (unpaired) electrons. The molecule has 0 rings (SSSR count). The molecule has 0 aliphatic heterocycles. The van der Waals surface area contributed by atoms with Gasteiger partial charge in [-0.2, -0.15) is 0 Å². The number of phosphoric ester groups is 1. The molecule has 4 nitrogen and oxygen atoms in total. The smallest absolute Gasteiger partial charge is 0.790 e. The first-order valence-electron chi connectivity index (χ1n) is 1.14. The van der Waals surface area contributed by atoms with E-state index in [4.69, 9.17) is 0 Å². The number of phosphoric acid groups is 1. The summed E-state index contributed by atoms with van der Waals surface area (Å²) in [5.74, 6) is 0. The Morgan fingerprint density at radius 1 is 1.38 bits per heavy atom. The standard InChI is InChI=1S/CH5O4P.2K/c1-5-6(2,3)4;;/h1H3,(H2,2,3,4);;/q;2*+1/p-2. The van der Waals surface area contributed by atoms with Crippen LogP contribution in [0.4, 0.5) is 0 Å². The summed E-state index contributed by atoms with van der Waals surface area (Å²) in [6.45, 7) is 0. The molecule has 0 bridgehead atoms. The van der Waals surface area contributed by atoms with E-state index in [1.165, 1.54) is 0 Å². The van der Waals surface area contributed by atoms with Crippen molar-refractivity contribution in [3.63, 3.8) is 0 Å². The zero-order valence-electron chi connectivity index (χ0n) is 5.08. The van der Waals surface area contributed by atoms with Gasteiger partial charge in [-0.15, -0.1) is 0 Å².